The van der Waals surface area contributed by atoms with E-state index in [1.54, 1.807) is 0 Å². The molecule has 1 nitrogen and oxygen atoms in total. The Hall–Kier alpha value is -0.180. The average molecular weight is 149 g/mol. The van der Waals surface area contributed by atoms with Gasteiger partial charge in [0, 0.05) is 5.92 Å². The third-order valence-electron chi connectivity index (χ3n) is 2.66. The molecule has 0 amide bonds. The van der Waals surface area contributed by atoms with E-state index in [4.69, 9.17) is 5.73 Å². The summed E-state index contributed by atoms with van der Waals surface area (Å²) in [6.45, 7) is 4.09. The summed E-state index contributed by atoms with van der Waals surface area (Å²) in [7, 11) is 0. The molecule has 10 heavy (non-hydrogen) atoms. The van der Waals surface area contributed by atoms with Crippen LogP contribution in [0, 0.1) is 17.3 Å². The number of alkyl halides is 2. The highest BCUT2D eigenvalue weighted by Crippen LogP contribution is 2.60. The monoisotopic (exact) mass is 149 g/mol. The topological polar surface area (TPSA) is 26.0 Å². The van der Waals surface area contributed by atoms with Crippen LogP contribution in [-0.2, 0) is 0 Å². The largest absolute Gasteiger partial charge is 0.330 e. The smallest absolute Gasteiger partial charge is 0.242 e. The summed E-state index contributed by atoms with van der Waals surface area (Å²) >= 11 is 0. The Morgan fingerprint density at radius 3 is 2.10 bits per heavy atom. The van der Waals surface area contributed by atoms with Crippen LogP contribution >= 0.6 is 0 Å². The van der Waals surface area contributed by atoms with Gasteiger partial charge in [0.25, 0.3) is 0 Å². The van der Waals surface area contributed by atoms with Crippen molar-refractivity contribution in [1.82, 2.24) is 0 Å². The molecule has 0 aromatic carbocycles. The SMILES string of the molecule is CC1(C)C(CN)C1C(F)F. The molecule has 2 N–H and O–H groups in total. The molecular weight excluding hydrogens is 136 g/mol. The van der Waals surface area contributed by atoms with E-state index in [2.05, 4.69) is 0 Å². The van der Waals surface area contributed by atoms with Gasteiger partial charge in [-0.15, -0.1) is 0 Å². The summed E-state index contributed by atoms with van der Waals surface area (Å²) in [5.41, 5.74) is 5.08. The van der Waals surface area contributed by atoms with Crippen molar-refractivity contribution in [3.8, 4) is 0 Å². The molecule has 0 aromatic rings. The Bertz CT molecular complexity index is 134. The number of rotatable bonds is 2. The number of halogens is 2. The van der Waals surface area contributed by atoms with Crippen LogP contribution in [0.5, 0.6) is 0 Å². The summed E-state index contributed by atoms with van der Waals surface area (Å²) in [5, 5.41) is 0. The summed E-state index contributed by atoms with van der Waals surface area (Å²) in [4.78, 5) is 0. The second kappa shape index (κ2) is 2.16. The summed E-state index contributed by atoms with van der Waals surface area (Å²) in [5.74, 6) is -0.426. The molecule has 0 bridgehead atoms. The molecule has 1 aliphatic carbocycles. The zero-order chi connectivity index (χ0) is 7.94. The first-order valence-electron chi connectivity index (χ1n) is 3.50. The Morgan fingerprint density at radius 1 is 1.50 bits per heavy atom. The summed E-state index contributed by atoms with van der Waals surface area (Å²) in [6, 6.07) is 0. The van der Waals surface area contributed by atoms with E-state index in [0.29, 0.717) is 6.54 Å². The lowest BCUT2D eigenvalue weighted by Gasteiger charge is -1.99. The van der Waals surface area contributed by atoms with Gasteiger partial charge in [0.2, 0.25) is 6.43 Å². The lowest BCUT2D eigenvalue weighted by Crippen LogP contribution is -2.06. The van der Waals surface area contributed by atoms with E-state index in [-0.39, 0.29) is 11.3 Å². The molecule has 1 rings (SSSR count). The third-order valence-corrected chi connectivity index (χ3v) is 2.66. The highest BCUT2D eigenvalue weighted by molar-refractivity contribution is 5.06. The van der Waals surface area contributed by atoms with Gasteiger partial charge in [-0.1, -0.05) is 13.8 Å². The first kappa shape index (κ1) is 7.92. The van der Waals surface area contributed by atoms with E-state index in [9.17, 15) is 8.78 Å². The zero-order valence-corrected chi connectivity index (χ0v) is 6.27. The van der Waals surface area contributed by atoms with Crippen molar-refractivity contribution < 1.29 is 8.78 Å². The molecular formula is C7H13F2N. The van der Waals surface area contributed by atoms with Gasteiger partial charge in [-0.2, -0.15) is 0 Å². The Morgan fingerprint density at radius 2 is 2.00 bits per heavy atom. The predicted octanol–water partition coefficient (Wildman–Crippen LogP) is 1.48. The molecule has 1 aliphatic rings. The van der Waals surface area contributed by atoms with Crippen molar-refractivity contribution in [3.63, 3.8) is 0 Å². The molecule has 2 atom stereocenters. The van der Waals surface area contributed by atoms with Crippen LogP contribution in [0.4, 0.5) is 8.78 Å². The van der Waals surface area contributed by atoms with Crippen LogP contribution in [0.1, 0.15) is 13.8 Å². The van der Waals surface area contributed by atoms with Crippen LogP contribution in [-0.4, -0.2) is 13.0 Å². The molecule has 0 radical (unpaired) electrons. The van der Waals surface area contributed by atoms with E-state index in [0.717, 1.165) is 0 Å². The fourth-order valence-electron chi connectivity index (χ4n) is 1.74. The number of nitrogens with two attached hydrogens (primary N) is 1. The van der Waals surface area contributed by atoms with E-state index in [1.807, 2.05) is 13.8 Å². The average Bonchev–Trinajstić information content (AvgIpc) is 2.33. The summed E-state index contributed by atoms with van der Waals surface area (Å²) in [6.07, 6.45) is -2.19. The molecule has 0 aromatic heterocycles. The predicted molar refractivity (Wildman–Crippen MR) is 35.8 cm³/mol. The Balaban J connectivity index is 2.53. The van der Waals surface area contributed by atoms with Crippen molar-refractivity contribution >= 4 is 0 Å². The number of hydrogen-bond donors (Lipinski definition) is 1. The van der Waals surface area contributed by atoms with Gasteiger partial charge < -0.3 is 5.73 Å². The molecule has 1 fully saturated rings. The van der Waals surface area contributed by atoms with Gasteiger partial charge in [-0.25, -0.2) is 8.78 Å². The fourth-order valence-corrected chi connectivity index (χ4v) is 1.74. The minimum Gasteiger partial charge on any atom is -0.330 e. The van der Waals surface area contributed by atoms with Gasteiger partial charge >= 0.3 is 0 Å². The minimum absolute atomic E-state index is 0.0347. The quantitative estimate of drug-likeness (QED) is 0.632. The van der Waals surface area contributed by atoms with Crippen LogP contribution < -0.4 is 5.73 Å². The van der Waals surface area contributed by atoms with E-state index in [1.165, 1.54) is 0 Å². The van der Waals surface area contributed by atoms with Crippen LogP contribution in [0.25, 0.3) is 0 Å². The molecule has 1 saturated carbocycles. The highest BCUT2D eigenvalue weighted by atomic mass is 19.3. The second-order valence-electron chi connectivity index (χ2n) is 3.52. The van der Waals surface area contributed by atoms with Crippen LogP contribution in [0.15, 0.2) is 0 Å². The molecule has 60 valence electrons. The Kier molecular flexibility index (Phi) is 1.71. The van der Waals surface area contributed by atoms with Gasteiger partial charge in [0.1, 0.15) is 0 Å². The van der Waals surface area contributed by atoms with Gasteiger partial charge in [-0.3, -0.25) is 0 Å². The molecule has 2 unspecified atom stereocenters. The third kappa shape index (κ3) is 0.926. The lowest BCUT2D eigenvalue weighted by atomic mass is 10.1. The van der Waals surface area contributed by atoms with Gasteiger partial charge in [0.15, 0.2) is 0 Å². The van der Waals surface area contributed by atoms with E-state index < -0.39 is 12.3 Å². The van der Waals surface area contributed by atoms with Crippen molar-refractivity contribution in [2.24, 2.45) is 23.0 Å². The van der Waals surface area contributed by atoms with Crippen molar-refractivity contribution in [2.45, 2.75) is 20.3 Å². The van der Waals surface area contributed by atoms with Crippen molar-refractivity contribution in [1.29, 1.82) is 0 Å². The van der Waals surface area contributed by atoms with Crippen molar-refractivity contribution in [3.05, 3.63) is 0 Å². The standard InChI is InChI=1S/C7H13F2N/c1-7(2)4(3-10)5(7)6(8)9/h4-6H,3,10H2,1-2H3. The molecule has 0 aliphatic heterocycles. The minimum atomic E-state index is -2.19. The lowest BCUT2D eigenvalue weighted by molar-refractivity contribution is 0.105. The zero-order valence-electron chi connectivity index (χ0n) is 6.27. The molecule has 3 heteroatoms. The van der Waals surface area contributed by atoms with Crippen molar-refractivity contribution in [2.75, 3.05) is 6.54 Å². The Labute approximate surface area is 59.6 Å². The van der Waals surface area contributed by atoms with Crippen LogP contribution in [0.3, 0.4) is 0 Å². The van der Waals surface area contributed by atoms with Gasteiger partial charge in [0.05, 0.1) is 0 Å². The normalized spacial score (nSPS) is 36.6. The second-order valence-corrected chi connectivity index (χ2v) is 3.52. The first-order valence-corrected chi connectivity index (χ1v) is 3.50. The fraction of sp³-hybridized carbons (Fsp3) is 1.00. The maximum atomic E-state index is 12.1. The maximum Gasteiger partial charge on any atom is 0.242 e. The summed E-state index contributed by atoms with van der Waals surface area (Å²) < 4.78 is 24.2. The molecule has 0 saturated heterocycles. The number of hydrogen-bond acceptors (Lipinski definition) is 1. The highest BCUT2D eigenvalue weighted by Gasteiger charge is 2.61. The molecule has 0 spiro atoms. The molecule has 0 heterocycles. The first-order chi connectivity index (χ1) is 4.51. The van der Waals surface area contributed by atoms with E-state index >= 15 is 0 Å². The van der Waals surface area contributed by atoms with Gasteiger partial charge in [-0.05, 0) is 17.9 Å². The maximum absolute atomic E-state index is 12.1. The van der Waals surface area contributed by atoms with Crippen LogP contribution in [0.2, 0.25) is 0 Å².